The SMILES string of the molecule is Cc1cc(C(=O)OCC2CC2)cc(S(N)(=O)=O)c1. The van der Waals surface area contributed by atoms with Crippen LogP contribution in [0.25, 0.3) is 0 Å². The molecule has 2 N–H and O–H groups in total. The van der Waals surface area contributed by atoms with Crippen LogP contribution in [0.1, 0.15) is 28.8 Å². The predicted octanol–water partition coefficient (Wildman–Crippen LogP) is 1.21. The Kier molecular flexibility index (Phi) is 3.41. The van der Waals surface area contributed by atoms with Crippen LogP contribution in [-0.4, -0.2) is 21.0 Å². The van der Waals surface area contributed by atoms with Crippen LogP contribution in [0.3, 0.4) is 0 Å². The van der Waals surface area contributed by atoms with Crippen molar-refractivity contribution in [2.75, 3.05) is 6.61 Å². The molecule has 0 amide bonds. The van der Waals surface area contributed by atoms with Gasteiger partial charge in [-0.1, -0.05) is 0 Å². The minimum atomic E-state index is -3.81. The molecular weight excluding hydrogens is 254 g/mol. The number of benzene rings is 1. The Hall–Kier alpha value is -1.40. The van der Waals surface area contributed by atoms with E-state index in [1.807, 2.05) is 0 Å². The Morgan fingerprint density at radius 2 is 2.06 bits per heavy atom. The van der Waals surface area contributed by atoms with Gasteiger partial charge in [0.2, 0.25) is 10.0 Å². The van der Waals surface area contributed by atoms with E-state index in [9.17, 15) is 13.2 Å². The standard InChI is InChI=1S/C12H15NO4S/c1-8-4-10(6-11(5-8)18(13,15)16)12(14)17-7-9-2-3-9/h4-6,9H,2-3,7H2,1H3,(H2,13,15,16). The highest BCUT2D eigenvalue weighted by Gasteiger charge is 2.23. The van der Waals surface area contributed by atoms with Crippen LogP contribution < -0.4 is 5.14 Å². The lowest BCUT2D eigenvalue weighted by Gasteiger charge is -2.06. The van der Waals surface area contributed by atoms with Gasteiger partial charge in [0.15, 0.2) is 0 Å². The number of sulfonamides is 1. The lowest BCUT2D eigenvalue weighted by Crippen LogP contribution is -2.14. The maximum Gasteiger partial charge on any atom is 0.338 e. The quantitative estimate of drug-likeness (QED) is 0.832. The molecule has 1 aliphatic carbocycles. The highest BCUT2D eigenvalue weighted by molar-refractivity contribution is 7.89. The highest BCUT2D eigenvalue weighted by atomic mass is 32.2. The number of rotatable bonds is 4. The predicted molar refractivity (Wildman–Crippen MR) is 65.6 cm³/mol. The molecule has 0 unspecified atom stereocenters. The molecule has 0 atom stereocenters. The first-order valence-corrected chi connectivity index (χ1v) is 7.22. The minimum Gasteiger partial charge on any atom is -0.462 e. The van der Waals surface area contributed by atoms with Crippen molar-refractivity contribution in [3.05, 3.63) is 29.3 Å². The Bertz CT molecular complexity index is 576. The average Bonchev–Trinajstić information content (AvgIpc) is 3.07. The van der Waals surface area contributed by atoms with Gasteiger partial charge in [0.1, 0.15) is 0 Å². The molecule has 5 nitrogen and oxygen atoms in total. The van der Waals surface area contributed by atoms with Gasteiger partial charge in [-0.15, -0.1) is 0 Å². The van der Waals surface area contributed by atoms with Gasteiger partial charge in [-0.3, -0.25) is 0 Å². The first-order valence-electron chi connectivity index (χ1n) is 5.68. The molecule has 6 heteroatoms. The van der Waals surface area contributed by atoms with Crippen molar-refractivity contribution in [1.82, 2.24) is 0 Å². The first-order chi connectivity index (χ1) is 8.36. The van der Waals surface area contributed by atoms with Crippen molar-refractivity contribution in [2.24, 2.45) is 11.1 Å². The van der Waals surface area contributed by atoms with Gasteiger partial charge in [0.25, 0.3) is 0 Å². The van der Waals surface area contributed by atoms with E-state index in [1.54, 1.807) is 13.0 Å². The maximum atomic E-state index is 11.8. The summed E-state index contributed by atoms with van der Waals surface area (Å²) in [5, 5.41) is 5.05. The molecular formula is C12H15NO4S. The number of aryl methyl sites for hydroxylation is 1. The average molecular weight is 269 g/mol. The molecule has 1 aromatic carbocycles. The van der Waals surface area contributed by atoms with Crippen molar-refractivity contribution in [1.29, 1.82) is 0 Å². The fourth-order valence-corrected chi connectivity index (χ4v) is 2.23. The molecule has 0 bridgehead atoms. The second-order valence-corrected chi connectivity index (χ2v) is 6.18. The van der Waals surface area contributed by atoms with Crippen LogP contribution in [-0.2, 0) is 14.8 Å². The number of carbonyl (C=O) groups excluding carboxylic acids is 1. The van der Waals surface area contributed by atoms with Gasteiger partial charge in [0, 0.05) is 0 Å². The zero-order valence-electron chi connectivity index (χ0n) is 10.0. The molecule has 1 fully saturated rings. The van der Waals surface area contributed by atoms with E-state index in [-0.39, 0.29) is 10.5 Å². The molecule has 0 aromatic heterocycles. The van der Waals surface area contributed by atoms with Gasteiger partial charge in [-0.2, -0.15) is 0 Å². The van der Waals surface area contributed by atoms with Crippen molar-refractivity contribution in [2.45, 2.75) is 24.7 Å². The Balaban J connectivity index is 2.21. The number of primary sulfonamides is 1. The molecule has 1 saturated carbocycles. The monoisotopic (exact) mass is 269 g/mol. The van der Waals surface area contributed by atoms with Crippen LogP contribution in [0.2, 0.25) is 0 Å². The molecule has 0 saturated heterocycles. The summed E-state index contributed by atoms with van der Waals surface area (Å²) < 4.78 is 27.6. The Morgan fingerprint density at radius 1 is 1.39 bits per heavy atom. The number of nitrogens with two attached hydrogens (primary N) is 1. The molecule has 0 spiro atoms. The summed E-state index contributed by atoms with van der Waals surface area (Å²) in [6.07, 6.45) is 2.17. The van der Waals surface area contributed by atoms with Gasteiger partial charge in [-0.25, -0.2) is 18.4 Å². The summed E-state index contributed by atoms with van der Waals surface area (Å²) >= 11 is 0. The third-order valence-electron chi connectivity index (χ3n) is 2.76. The summed E-state index contributed by atoms with van der Waals surface area (Å²) in [6.45, 7) is 2.10. The van der Waals surface area contributed by atoms with Crippen molar-refractivity contribution < 1.29 is 17.9 Å². The van der Waals surface area contributed by atoms with E-state index in [0.29, 0.717) is 18.1 Å². The van der Waals surface area contributed by atoms with Crippen LogP contribution in [0.15, 0.2) is 23.1 Å². The second-order valence-electron chi connectivity index (χ2n) is 4.62. The number of carbonyl (C=O) groups is 1. The molecule has 1 aromatic rings. The van der Waals surface area contributed by atoms with Gasteiger partial charge in [0.05, 0.1) is 17.1 Å². The molecule has 0 heterocycles. The number of hydrogen-bond acceptors (Lipinski definition) is 4. The number of hydrogen-bond donors (Lipinski definition) is 1. The lowest BCUT2D eigenvalue weighted by atomic mass is 10.1. The van der Waals surface area contributed by atoms with E-state index < -0.39 is 16.0 Å². The lowest BCUT2D eigenvalue weighted by molar-refractivity contribution is 0.0485. The van der Waals surface area contributed by atoms with Crippen LogP contribution in [0, 0.1) is 12.8 Å². The highest BCUT2D eigenvalue weighted by Crippen LogP contribution is 2.29. The van der Waals surface area contributed by atoms with E-state index in [4.69, 9.17) is 9.88 Å². The topological polar surface area (TPSA) is 86.5 Å². The largest absolute Gasteiger partial charge is 0.462 e. The molecule has 0 radical (unpaired) electrons. The summed E-state index contributed by atoms with van der Waals surface area (Å²) in [6, 6.07) is 4.26. The van der Waals surface area contributed by atoms with E-state index in [2.05, 4.69) is 0 Å². The van der Waals surface area contributed by atoms with E-state index in [1.165, 1.54) is 12.1 Å². The van der Waals surface area contributed by atoms with E-state index in [0.717, 1.165) is 12.8 Å². The number of ether oxygens (including phenoxy) is 1. The molecule has 0 aliphatic heterocycles. The zero-order valence-corrected chi connectivity index (χ0v) is 10.9. The van der Waals surface area contributed by atoms with Crippen LogP contribution in [0.4, 0.5) is 0 Å². The summed E-state index contributed by atoms with van der Waals surface area (Å²) in [7, 11) is -3.81. The third-order valence-corrected chi connectivity index (χ3v) is 3.65. The van der Waals surface area contributed by atoms with Crippen molar-refractivity contribution in [3.8, 4) is 0 Å². The number of esters is 1. The molecule has 2 rings (SSSR count). The zero-order chi connectivity index (χ0) is 13.3. The van der Waals surface area contributed by atoms with Gasteiger partial charge < -0.3 is 4.74 Å². The summed E-state index contributed by atoms with van der Waals surface area (Å²) in [5.74, 6) is -0.0352. The minimum absolute atomic E-state index is 0.0686. The maximum absolute atomic E-state index is 11.8. The Morgan fingerprint density at radius 3 is 2.61 bits per heavy atom. The van der Waals surface area contributed by atoms with Crippen LogP contribution in [0.5, 0.6) is 0 Å². The normalized spacial score (nSPS) is 15.4. The molecule has 98 valence electrons. The smallest absolute Gasteiger partial charge is 0.338 e. The summed E-state index contributed by atoms with van der Waals surface area (Å²) in [5.41, 5.74) is 0.875. The van der Waals surface area contributed by atoms with Crippen molar-refractivity contribution in [3.63, 3.8) is 0 Å². The fraction of sp³-hybridized carbons (Fsp3) is 0.417. The van der Waals surface area contributed by atoms with Gasteiger partial charge in [-0.05, 0) is 49.4 Å². The molecule has 1 aliphatic rings. The van der Waals surface area contributed by atoms with Crippen LogP contribution >= 0.6 is 0 Å². The molecule has 18 heavy (non-hydrogen) atoms. The second kappa shape index (κ2) is 4.70. The summed E-state index contributed by atoms with van der Waals surface area (Å²) in [4.78, 5) is 11.7. The van der Waals surface area contributed by atoms with E-state index >= 15 is 0 Å². The van der Waals surface area contributed by atoms with Crippen molar-refractivity contribution >= 4 is 16.0 Å². The fourth-order valence-electron chi connectivity index (χ4n) is 1.59. The first kappa shape index (κ1) is 13.0. The third kappa shape index (κ3) is 3.30. The Labute approximate surface area is 106 Å². The van der Waals surface area contributed by atoms with Gasteiger partial charge >= 0.3 is 5.97 Å².